The Balaban J connectivity index is 2.20. The third-order valence-electron chi connectivity index (χ3n) is 2.36. The Labute approximate surface area is 104 Å². The summed E-state index contributed by atoms with van der Waals surface area (Å²) in [4.78, 5) is 11.9. The number of amides is 1. The maximum Gasteiger partial charge on any atom is 0.273 e. The van der Waals surface area contributed by atoms with Crippen LogP contribution < -0.4 is 5.32 Å². The van der Waals surface area contributed by atoms with Crippen molar-refractivity contribution in [2.24, 2.45) is 7.05 Å². The monoisotopic (exact) mass is 249 g/mol. The standard InChI is InChI=1S/C12H12ClN3O/c1-8-4-3-5-9(6-8)14-12(17)10-7-11(13)15-16(10)2/h3-7H,1-2H3,(H,14,17). The molecule has 4 nitrogen and oxygen atoms in total. The number of halogens is 1. The van der Waals surface area contributed by atoms with Gasteiger partial charge in [0.15, 0.2) is 5.15 Å². The molecule has 2 rings (SSSR count). The van der Waals surface area contributed by atoms with Crippen LogP contribution in [-0.2, 0) is 7.05 Å². The Hall–Kier alpha value is -1.81. The van der Waals surface area contributed by atoms with Gasteiger partial charge in [0, 0.05) is 18.8 Å². The number of hydrogen-bond donors (Lipinski definition) is 1. The zero-order valence-corrected chi connectivity index (χ0v) is 10.3. The second kappa shape index (κ2) is 4.59. The van der Waals surface area contributed by atoms with Gasteiger partial charge in [-0.15, -0.1) is 0 Å². The molecule has 0 aliphatic heterocycles. The highest BCUT2D eigenvalue weighted by Gasteiger charge is 2.12. The first-order valence-electron chi connectivity index (χ1n) is 5.14. The molecule has 0 unspecified atom stereocenters. The number of nitrogens with one attached hydrogen (secondary N) is 1. The zero-order chi connectivity index (χ0) is 12.4. The number of carbonyl (C=O) groups is 1. The minimum absolute atomic E-state index is 0.225. The molecule has 0 atom stereocenters. The smallest absolute Gasteiger partial charge is 0.273 e. The molecule has 0 saturated heterocycles. The van der Waals surface area contributed by atoms with E-state index in [4.69, 9.17) is 11.6 Å². The molecule has 88 valence electrons. The van der Waals surface area contributed by atoms with Crippen LogP contribution in [-0.4, -0.2) is 15.7 Å². The van der Waals surface area contributed by atoms with Gasteiger partial charge < -0.3 is 5.32 Å². The van der Waals surface area contributed by atoms with Gasteiger partial charge in [0.2, 0.25) is 0 Å². The van der Waals surface area contributed by atoms with Gasteiger partial charge in [-0.25, -0.2) is 0 Å². The molecule has 0 bridgehead atoms. The molecule has 17 heavy (non-hydrogen) atoms. The average Bonchev–Trinajstić information content (AvgIpc) is 2.58. The molecule has 0 spiro atoms. The number of rotatable bonds is 2. The predicted octanol–water partition coefficient (Wildman–Crippen LogP) is 2.63. The van der Waals surface area contributed by atoms with Gasteiger partial charge >= 0.3 is 0 Å². The Morgan fingerprint density at radius 1 is 1.41 bits per heavy atom. The number of nitrogens with zero attached hydrogens (tertiary/aromatic N) is 2. The van der Waals surface area contributed by atoms with E-state index in [9.17, 15) is 4.79 Å². The number of carbonyl (C=O) groups excluding carboxylic acids is 1. The van der Waals surface area contributed by atoms with E-state index >= 15 is 0 Å². The van der Waals surface area contributed by atoms with Gasteiger partial charge in [-0.3, -0.25) is 9.48 Å². The fourth-order valence-electron chi connectivity index (χ4n) is 1.56. The minimum Gasteiger partial charge on any atom is -0.321 e. The first-order chi connectivity index (χ1) is 8.06. The molecule has 5 heteroatoms. The van der Waals surface area contributed by atoms with Gasteiger partial charge in [-0.05, 0) is 24.6 Å². The van der Waals surface area contributed by atoms with Crippen LogP contribution in [0.15, 0.2) is 30.3 Å². The average molecular weight is 250 g/mol. The fourth-order valence-corrected chi connectivity index (χ4v) is 1.78. The van der Waals surface area contributed by atoms with Crippen molar-refractivity contribution in [2.45, 2.75) is 6.92 Å². The highest BCUT2D eigenvalue weighted by molar-refractivity contribution is 6.29. The molecule has 1 N–H and O–H groups in total. The highest BCUT2D eigenvalue weighted by Crippen LogP contribution is 2.13. The molecule has 1 amide bonds. The van der Waals surface area contributed by atoms with E-state index in [0.29, 0.717) is 10.8 Å². The van der Waals surface area contributed by atoms with Crippen LogP contribution in [0, 0.1) is 6.92 Å². The topological polar surface area (TPSA) is 46.9 Å². The summed E-state index contributed by atoms with van der Waals surface area (Å²) in [6.07, 6.45) is 0. The first-order valence-corrected chi connectivity index (χ1v) is 5.51. The summed E-state index contributed by atoms with van der Waals surface area (Å²) in [5.74, 6) is -0.225. The molecule has 0 radical (unpaired) electrons. The second-order valence-corrected chi connectivity index (χ2v) is 4.19. The van der Waals surface area contributed by atoms with E-state index in [1.807, 2.05) is 31.2 Å². The molecule has 2 aromatic rings. The summed E-state index contributed by atoms with van der Waals surface area (Å²) in [5.41, 5.74) is 2.27. The van der Waals surface area contributed by atoms with Gasteiger partial charge in [-0.1, -0.05) is 23.7 Å². The quantitative estimate of drug-likeness (QED) is 0.889. The maximum atomic E-state index is 11.9. The van der Waals surface area contributed by atoms with Crippen molar-refractivity contribution in [2.75, 3.05) is 5.32 Å². The number of benzene rings is 1. The van der Waals surface area contributed by atoms with Crippen LogP contribution in [0.4, 0.5) is 5.69 Å². The first kappa shape index (κ1) is 11.7. The number of anilines is 1. The molecular weight excluding hydrogens is 238 g/mol. The van der Waals surface area contributed by atoms with E-state index < -0.39 is 0 Å². The lowest BCUT2D eigenvalue weighted by atomic mass is 10.2. The van der Waals surface area contributed by atoms with Gasteiger partial charge in [-0.2, -0.15) is 5.10 Å². The van der Waals surface area contributed by atoms with Crippen molar-refractivity contribution in [3.05, 3.63) is 46.7 Å². The SMILES string of the molecule is Cc1cccc(NC(=O)c2cc(Cl)nn2C)c1. The van der Waals surface area contributed by atoms with Crippen molar-refractivity contribution in [3.63, 3.8) is 0 Å². The summed E-state index contributed by atoms with van der Waals surface area (Å²) in [6, 6.07) is 9.13. The van der Waals surface area contributed by atoms with Crippen LogP contribution in [0.1, 0.15) is 16.1 Å². The lowest BCUT2D eigenvalue weighted by molar-refractivity contribution is 0.101. The lowest BCUT2D eigenvalue weighted by Crippen LogP contribution is -2.16. The Morgan fingerprint density at radius 3 is 2.76 bits per heavy atom. The van der Waals surface area contributed by atoms with E-state index in [-0.39, 0.29) is 5.91 Å². The summed E-state index contributed by atoms with van der Waals surface area (Å²) < 4.78 is 1.45. The summed E-state index contributed by atoms with van der Waals surface area (Å²) in [5, 5.41) is 7.01. The van der Waals surface area contributed by atoms with E-state index in [0.717, 1.165) is 11.3 Å². The van der Waals surface area contributed by atoms with Gasteiger partial charge in [0.05, 0.1) is 0 Å². The van der Waals surface area contributed by atoms with Crippen LogP contribution in [0.5, 0.6) is 0 Å². The van der Waals surface area contributed by atoms with Crippen LogP contribution in [0.3, 0.4) is 0 Å². The van der Waals surface area contributed by atoms with Crippen molar-refractivity contribution in [3.8, 4) is 0 Å². The van der Waals surface area contributed by atoms with Crippen LogP contribution in [0.25, 0.3) is 0 Å². The van der Waals surface area contributed by atoms with E-state index in [2.05, 4.69) is 10.4 Å². The number of hydrogen-bond acceptors (Lipinski definition) is 2. The zero-order valence-electron chi connectivity index (χ0n) is 9.57. The minimum atomic E-state index is -0.225. The number of aromatic nitrogens is 2. The largest absolute Gasteiger partial charge is 0.321 e. The lowest BCUT2D eigenvalue weighted by Gasteiger charge is -2.05. The highest BCUT2D eigenvalue weighted by atomic mass is 35.5. The van der Waals surface area contributed by atoms with Crippen molar-refractivity contribution >= 4 is 23.2 Å². The van der Waals surface area contributed by atoms with Crippen molar-refractivity contribution in [1.82, 2.24) is 9.78 Å². The summed E-state index contributed by atoms with van der Waals surface area (Å²) in [7, 11) is 1.68. The maximum absolute atomic E-state index is 11.9. The molecule has 0 fully saturated rings. The molecule has 0 saturated carbocycles. The third kappa shape index (κ3) is 2.65. The fraction of sp³-hybridized carbons (Fsp3) is 0.167. The van der Waals surface area contributed by atoms with Gasteiger partial charge in [0.25, 0.3) is 5.91 Å². The number of aryl methyl sites for hydroxylation is 2. The molecule has 1 aromatic heterocycles. The molecule has 0 aliphatic carbocycles. The van der Waals surface area contributed by atoms with Crippen LogP contribution >= 0.6 is 11.6 Å². The van der Waals surface area contributed by atoms with Crippen LogP contribution in [0.2, 0.25) is 5.15 Å². The van der Waals surface area contributed by atoms with Gasteiger partial charge in [0.1, 0.15) is 5.69 Å². The normalized spacial score (nSPS) is 10.3. The molecule has 0 aliphatic rings. The third-order valence-corrected chi connectivity index (χ3v) is 2.54. The van der Waals surface area contributed by atoms with E-state index in [1.165, 1.54) is 10.7 Å². The molecular formula is C12H12ClN3O. The predicted molar refractivity (Wildman–Crippen MR) is 67.4 cm³/mol. The summed E-state index contributed by atoms with van der Waals surface area (Å²) >= 11 is 5.73. The second-order valence-electron chi connectivity index (χ2n) is 3.80. The Kier molecular flexibility index (Phi) is 3.15. The summed E-state index contributed by atoms with van der Waals surface area (Å²) in [6.45, 7) is 1.97. The van der Waals surface area contributed by atoms with Crippen molar-refractivity contribution in [1.29, 1.82) is 0 Å². The molecule has 1 heterocycles. The Morgan fingerprint density at radius 2 is 2.18 bits per heavy atom. The Bertz CT molecular complexity index is 563. The van der Waals surface area contributed by atoms with Crippen molar-refractivity contribution < 1.29 is 4.79 Å². The van der Waals surface area contributed by atoms with E-state index in [1.54, 1.807) is 7.05 Å². The molecule has 1 aromatic carbocycles.